The predicted molar refractivity (Wildman–Crippen MR) is 82.2 cm³/mol. The van der Waals surface area contributed by atoms with E-state index >= 15 is 0 Å². The van der Waals surface area contributed by atoms with E-state index in [1.54, 1.807) is 26.8 Å². The first-order chi connectivity index (χ1) is 10.6. The van der Waals surface area contributed by atoms with Crippen LogP contribution in [0, 0.1) is 10.1 Å². The Balaban J connectivity index is 2.67. The number of nitrogens with one attached hydrogen (secondary N) is 1. The van der Waals surface area contributed by atoms with Gasteiger partial charge in [0.25, 0.3) is 5.69 Å². The summed E-state index contributed by atoms with van der Waals surface area (Å²) in [5, 5.41) is 22.2. The minimum atomic E-state index is -1.19. The Labute approximate surface area is 133 Å². The average molecular weight is 324 g/mol. The molecule has 1 aromatic carbocycles. The molecule has 0 bridgehead atoms. The van der Waals surface area contributed by atoms with Gasteiger partial charge in [-0.15, -0.1) is 0 Å². The normalized spacial score (nSPS) is 12.3. The van der Waals surface area contributed by atoms with Crippen molar-refractivity contribution in [3.8, 4) is 0 Å². The molecule has 1 amide bonds. The van der Waals surface area contributed by atoms with E-state index < -0.39 is 28.6 Å². The fraction of sp³-hybridized carbons (Fsp3) is 0.467. The number of non-ortho nitro benzene ring substituents is 1. The van der Waals surface area contributed by atoms with Crippen molar-refractivity contribution in [1.82, 2.24) is 5.32 Å². The van der Waals surface area contributed by atoms with E-state index in [4.69, 9.17) is 9.84 Å². The fourth-order valence-corrected chi connectivity index (χ4v) is 1.84. The molecule has 0 radical (unpaired) electrons. The van der Waals surface area contributed by atoms with Crippen LogP contribution in [0.2, 0.25) is 0 Å². The zero-order valence-corrected chi connectivity index (χ0v) is 13.2. The van der Waals surface area contributed by atoms with Gasteiger partial charge in [0.1, 0.15) is 11.6 Å². The van der Waals surface area contributed by atoms with Crippen LogP contribution in [0.5, 0.6) is 0 Å². The first-order valence-electron chi connectivity index (χ1n) is 7.04. The van der Waals surface area contributed by atoms with Crippen molar-refractivity contribution in [2.24, 2.45) is 0 Å². The van der Waals surface area contributed by atoms with Gasteiger partial charge in [-0.25, -0.2) is 9.59 Å². The molecule has 0 aliphatic rings. The van der Waals surface area contributed by atoms with Gasteiger partial charge in [-0.05, 0) is 39.2 Å². The number of nitro benzene ring substituents is 1. The van der Waals surface area contributed by atoms with E-state index in [9.17, 15) is 19.7 Å². The molecule has 8 nitrogen and oxygen atoms in total. The van der Waals surface area contributed by atoms with Crippen molar-refractivity contribution in [2.45, 2.75) is 45.3 Å². The number of carbonyl (C=O) groups is 2. The van der Waals surface area contributed by atoms with Crippen molar-refractivity contribution < 1.29 is 24.4 Å². The van der Waals surface area contributed by atoms with Crippen molar-refractivity contribution in [3.05, 3.63) is 39.9 Å². The number of aliphatic carboxylic acids is 1. The van der Waals surface area contributed by atoms with Gasteiger partial charge in [-0.3, -0.25) is 10.1 Å². The lowest BCUT2D eigenvalue weighted by Crippen LogP contribution is -2.43. The second kappa shape index (κ2) is 7.57. The average Bonchev–Trinajstić information content (AvgIpc) is 2.41. The Morgan fingerprint density at radius 1 is 1.39 bits per heavy atom. The van der Waals surface area contributed by atoms with Crippen LogP contribution < -0.4 is 5.32 Å². The van der Waals surface area contributed by atoms with Crippen LogP contribution in [-0.4, -0.2) is 33.7 Å². The van der Waals surface area contributed by atoms with E-state index in [1.807, 2.05) is 0 Å². The number of benzene rings is 1. The Bertz CT molecular complexity index is 594. The zero-order chi connectivity index (χ0) is 17.6. The molecule has 126 valence electrons. The third-order valence-electron chi connectivity index (χ3n) is 2.83. The van der Waals surface area contributed by atoms with E-state index in [2.05, 4.69) is 5.32 Å². The zero-order valence-electron chi connectivity index (χ0n) is 13.2. The van der Waals surface area contributed by atoms with Crippen LogP contribution in [0.25, 0.3) is 0 Å². The summed E-state index contributed by atoms with van der Waals surface area (Å²) in [4.78, 5) is 33.1. The summed E-state index contributed by atoms with van der Waals surface area (Å²) in [7, 11) is 0. The third kappa shape index (κ3) is 6.77. The van der Waals surface area contributed by atoms with Gasteiger partial charge in [-0.2, -0.15) is 0 Å². The Kier molecular flexibility index (Phi) is 6.06. The van der Waals surface area contributed by atoms with Gasteiger partial charge < -0.3 is 15.2 Å². The number of rotatable bonds is 6. The molecule has 2 N–H and O–H groups in total. The maximum atomic E-state index is 11.6. The lowest BCUT2D eigenvalue weighted by molar-refractivity contribution is -0.384. The van der Waals surface area contributed by atoms with Crippen LogP contribution in [-0.2, 0) is 16.0 Å². The van der Waals surface area contributed by atoms with E-state index in [0.29, 0.717) is 5.56 Å². The van der Waals surface area contributed by atoms with Gasteiger partial charge in [0.2, 0.25) is 0 Å². The molecule has 0 fully saturated rings. The van der Waals surface area contributed by atoms with Crippen LogP contribution in [0.1, 0.15) is 32.8 Å². The second-order valence-corrected chi connectivity index (χ2v) is 6.00. The highest BCUT2D eigenvalue weighted by Crippen LogP contribution is 2.15. The summed E-state index contributed by atoms with van der Waals surface area (Å²) < 4.78 is 5.02. The first-order valence-corrected chi connectivity index (χ1v) is 7.04. The topological polar surface area (TPSA) is 119 Å². The number of ether oxygens (including phenoxy) is 1. The number of carbonyl (C=O) groups excluding carboxylic acids is 1. The van der Waals surface area contributed by atoms with E-state index in [1.165, 1.54) is 18.2 Å². The van der Waals surface area contributed by atoms with Crippen LogP contribution >= 0.6 is 0 Å². The molecular formula is C15H20N2O6. The molecule has 8 heteroatoms. The van der Waals surface area contributed by atoms with Crippen molar-refractivity contribution >= 4 is 17.7 Å². The van der Waals surface area contributed by atoms with Gasteiger partial charge in [0, 0.05) is 12.1 Å². The molecule has 0 saturated carbocycles. The number of hydrogen-bond donors (Lipinski definition) is 2. The summed E-state index contributed by atoms with van der Waals surface area (Å²) in [6, 6.07) is 4.80. The molecule has 0 aromatic heterocycles. The minimum absolute atomic E-state index is 0.0607. The van der Waals surface area contributed by atoms with Crippen LogP contribution in [0.15, 0.2) is 24.3 Å². The van der Waals surface area contributed by atoms with Crippen molar-refractivity contribution in [2.75, 3.05) is 0 Å². The standard InChI is InChI=1S/C15H20N2O6/c1-15(2,3)23-14(20)16-12(13(18)19)8-7-10-5-4-6-11(9-10)17(21)22/h4-6,9,12H,7-8H2,1-3H3,(H,16,20)(H,18,19)/t12-/m1/s1. The molecule has 1 rings (SSSR count). The van der Waals surface area contributed by atoms with Crippen molar-refractivity contribution in [3.63, 3.8) is 0 Å². The number of amides is 1. The number of aryl methyl sites for hydroxylation is 1. The fourth-order valence-electron chi connectivity index (χ4n) is 1.84. The van der Waals surface area contributed by atoms with E-state index in [-0.39, 0.29) is 18.5 Å². The Hall–Kier alpha value is -2.64. The minimum Gasteiger partial charge on any atom is -0.480 e. The Morgan fingerprint density at radius 2 is 2.04 bits per heavy atom. The quantitative estimate of drug-likeness (QED) is 0.613. The second-order valence-electron chi connectivity index (χ2n) is 6.00. The predicted octanol–water partition coefficient (Wildman–Crippen LogP) is 2.51. The molecule has 1 atom stereocenters. The largest absolute Gasteiger partial charge is 0.480 e. The van der Waals surface area contributed by atoms with Gasteiger partial charge in [0.05, 0.1) is 4.92 Å². The van der Waals surface area contributed by atoms with Gasteiger partial charge >= 0.3 is 12.1 Å². The van der Waals surface area contributed by atoms with Crippen LogP contribution in [0.3, 0.4) is 0 Å². The summed E-state index contributed by atoms with van der Waals surface area (Å²) >= 11 is 0. The molecule has 0 saturated heterocycles. The first kappa shape index (κ1) is 18.4. The van der Waals surface area contributed by atoms with Gasteiger partial charge in [0.15, 0.2) is 0 Å². The molecule has 0 aliphatic heterocycles. The van der Waals surface area contributed by atoms with Crippen LogP contribution in [0.4, 0.5) is 10.5 Å². The molecule has 0 spiro atoms. The summed E-state index contributed by atoms with van der Waals surface area (Å²) in [5.74, 6) is -1.19. The molecule has 0 aliphatic carbocycles. The molecule has 23 heavy (non-hydrogen) atoms. The molecule has 1 aromatic rings. The number of carboxylic acids is 1. The summed E-state index contributed by atoms with van der Waals surface area (Å²) in [5.41, 5.74) is -0.168. The maximum Gasteiger partial charge on any atom is 0.408 e. The molecule has 0 unspecified atom stereocenters. The number of hydrogen-bond acceptors (Lipinski definition) is 5. The van der Waals surface area contributed by atoms with E-state index in [0.717, 1.165) is 0 Å². The Morgan fingerprint density at radius 3 is 2.57 bits per heavy atom. The highest BCUT2D eigenvalue weighted by molar-refractivity contribution is 5.80. The number of alkyl carbamates (subject to hydrolysis) is 1. The smallest absolute Gasteiger partial charge is 0.408 e. The number of nitro groups is 1. The number of nitrogens with zero attached hydrogens (tertiary/aromatic N) is 1. The maximum absolute atomic E-state index is 11.6. The summed E-state index contributed by atoms with van der Waals surface area (Å²) in [6.45, 7) is 5.02. The number of carboxylic acid groups (broad SMARTS) is 1. The SMILES string of the molecule is CC(C)(C)OC(=O)N[C@H](CCc1cccc([N+](=O)[O-])c1)C(=O)O. The third-order valence-corrected chi connectivity index (χ3v) is 2.83. The molecule has 0 heterocycles. The monoisotopic (exact) mass is 324 g/mol. The lowest BCUT2D eigenvalue weighted by atomic mass is 10.0. The van der Waals surface area contributed by atoms with Crippen molar-refractivity contribution in [1.29, 1.82) is 0 Å². The highest BCUT2D eigenvalue weighted by atomic mass is 16.6. The molecular weight excluding hydrogens is 304 g/mol. The lowest BCUT2D eigenvalue weighted by Gasteiger charge is -2.22. The summed E-state index contributed by atoms with van der Waals surface area (Å²) in [6.07, 6.45) is -0.451. The highest BCUT2D eigenvalue weighted by Gasteiger charge is 2.23. The van der Waals surface area contributed by atoms with Gasteiger partial charge in [-0.1, -0.05) is 12.1 Å².